The van der Waals surface area contributed by atoms with Crippen molar-refractivity contribution in [3.8, 4) is 0 Å². The van der Waals surface area contributed by atoms with E-state index < -0.39 is 0 Å². The highest BCUT2D eigenvalue weighted by molar-refractivity contribution is 6.35. The molecule has 1 saturated heterocycles. The predicted molar refractivity (Wildman–Crippen MR) is 77.8 cm³/mol. The maximum atomic E-state index is 9.63. The highest BCUT2D eigenvalue weighted by atomic mass is 35.5. The Kier molecular flexibility index (Phi) is 6.71. The third-order valence-electron chi connectivity index (χ3n) is 3.04. The van der Waals surface area contributed by atoms with Gasteiger partial charge in [0.25, 0.3) is 0 Å². The summed E-state index contributed by atoms with van der Waals surface area (Å²) in [6.45, 7) is 3.03. The molecule has 0 spiro atoms. The SMILES string of the molecule is Cl.OC1CNCC1CNCc1ccc(Cl)cc1Cl. The van der Waals surface area contributed by atoms with E-state index in [1.165, 1.54) is 0 Å². The highest BCUT2D eigenvalue weighted by Crippen LogP contribution is 2.20. The molecule has 6 heteroatoms. The van der Waals surface area contributed by atoms with E-state index in [0.29, 0.717) is 23.1 Å². The Morgan fingerprint density at radius 1 is 1.33 bits per heavy atom. The van der Waals surface area contributed by atoms with Crippen LogP contribution in [0, 0.1) is 5.92 Å². The molecule has 1 aliphatic rings. The number of aliphatic hydroxyl groups is 1. The Hall–Kier alpha value is -0.0300. The maximum absolute atomic E-state index is 9.63. The molecule has 3 nitrogen and oxygen atoms in total. The number of benzene rings is 1. The minimum absolute atomic E-state index is 0. The van der Waals surface area contributed by atoms with Gasteiger partial charge in [-0.25, -0.2) is 0 Å². The molecule has 0 aliphatic carbocycles. The molecule has 1 aliphatic heterocycles. The Labute approximate surface area is 123 Å². The van der Waals surface area contributed by atoms with E-state index in [9.17, 15) is 5.11 Å². The van der Waals surface area contributed by atoms with Gasteiger partial charge in [-0.15, -0.1) is 12.4 Å². The molecule has 1 aromatic rings. The van der Waals surface area contributed by atoms with Crippen molar-refractivity contribution in [1.82, 2.24) is 10.6 Å². The lowest BCUT2D eigenvalue weighted by molar-refractivity contribution is 0.146. The van der Waals surface area contributed by atoms with Gasteiger partial charge in [0.2, 0.25) is 0 Å². The summed E-state index contributed by atoms with van der Waals surface area (Å²) in [5, 5.41) is 17.4. The molecular formula is C12H17Cl3N2O. The number of aliphatic hydroxyl groups excluding tert-OH is 1. The summed E-state index contributed by atoms with van der Waals surface area (Å²) < 4.78 is 0. The van der Waals surface area contributed by atoms with Gasteiger partial charge in [0.1, 0.15) is 0 Å². The van der Waals surface area contributed by atoms with E-state index in [1.54, 1.807) is 6.07 Å². The molecule has 102 valence electrons. The van der Waals surface area contributed by atoms with Crippen LogP contribution in [0.25, 0.3) is 0 Å². The van der Waals surface area contributed by atoms with Crippen LogP contribution in [-0.4, -0.2) is 30.8 Å². The average molecular weight is 312 g/mol. The minimum atomic E-state index is -0.247. The summed E-state index contributed by atoms with van der Waals surface area (Å²) in [6, 6.07) is 5.49. The van der Waals surface area contributed by atoms with Crippen molar-refractivity contribution in [1.29, 1.82) is 0 Å². The van der Waals surface area contributed by atoms with Crippen molar-refractivity contribution in [2.45, 2.75) is 12.6 Å². The highest BCUT2D eigenvalue weighted by Gasteiger charge is 2.24. The first-order chi connectivity index (χ1) is 8.16. The number of nitrogens with one attached hydrogen (secondary N) is 2. The van der Waals surface area contributed by atoms with E-state index in [0.717, 1.165) is 18.7 Å². The quantitative estimate of drug-likeness (QED) is 0.798. The molecule has 0 aromatic heterocycles. The molecule has 2 unspecified atom stereocenters. The van der Waals surface area contributed by atoms with Crippen molar-refractivity contribution in [2.24, 2.45) is 5.92 Å². The lowest BCUT2D eigenvalue weighted by Crippen LogP contribution is -2.30. The zero-order valence-corrected chi connectivity index (χ0v) is 12.2. The van der Waals surface area contributed by atoms with E-state index >= 15 is 0 Å². The summed E-state index contributed by atoms with van der Waals surface area (Å²) in [5.41, 5.74) is 1.02. The van der Waals surface area contributed by atoms with Crippen LogP contribution in [0.15, 0.2) is 18.2 Å². The van der Waals surface area contributed by atoms with Crippen LogP contribution in [0.3, 0.4) is 0 Å². The molecular weight excluding hydrogens is 295 g/mol. The van der Waals surface area contributed by atoms with Gasteiger partial charge in [-0.05, 0) is 17.7 Å². The van der Waals surface area contributed by atoms with Crippen molar-refractivity contribution in [3.63, 3.8) is 0 Å². The number of rotatable bonds is 4. The zero-order valence-electron chi connectivity index (χ0n) is 9.83. The lowest BCUT2D eigenvalue weighted by atomic mass is 10.1. The van der Waals surface area contributed by atoms with Crippen LogP contribution in [0.2, 0.25) is 10.0 Å². The fourth-order valence-corrected chi connectivity index (χ4v) is 2.46. The Balaban J connectivity index is 0.00000162. The number of hydrogen-bond donors (Lipinski definition) is 3. The van der Waals surface area contributed by atoms with E-state index in [4.69, 9.17) is 23.2 Å². The molecule has 1 fully saturated rings. The molecule has 2 atom stereocenters. The van der Waals surface area contributed by atoms with Gasteiger partial charge in [0.15, 0.2) is 0 Å². The third kappa shape index (κ3) is 4.26. The zero-order chi connectivity index (χ0) is 12.3. The Bertz CT molecular complexity index is 390. The molecule has 1 aromatic carbocycles. The molecule has 3 N–H and O–H groups in total. The molecule has 0 saturated carbocycles. The summed E-state index contributed by atoms with van der Waals surface area (Å²) in [4.78, 5) is 0. The van der Waals surface area contributed by atoms with E-state index in [-0.39, 0.29) is 24.4 Å². The summed E-state index contributed by atoms with van der Waals surface area (Å²) in [7, 11) is 0. The molecule has 18 heavy (non-hydrogen) atoms. The molecule has 0 amide bonds. The second-order valence-electron chi connectivity index (χ2n) is 4.35. The van der Waals surface area contributed by atoms with Crippen LogP contribution >= 0.6 is 35.6 Å². The van der Waals surface area contributed by atoms with Gasteiger partial charge in [-0.3, -0.25) is 0 Å². The average Bonchev–Trinajstić information content (AvgIpc) is 2.68. The fourth-order valence-electron chi connectivity index (χ4n) is 1.98. The van der Waals surface area contributed by atoms with Gasteiger partial charge < -0.3 is 15.7 Å². The number of hydrogen-bond acceptors (Lipinski definition) is 3. The summed E-state index contributed by atoms with van der Waals surface area (Å²) in [6.07, 6.45) is -0.247. The van der Waals surface area contributed by atoms with Crippen LogP contribution in [0.1, 0.15) is 5.56 Å². The van der Waals surface area contributed by atoms with Crippen LogP contribution in [0.4, 0.5) is 0 Å². The van der Waals surface area contributed by atoms with Crippen molar-refractivity contribution in [2.75, 3.05) is 19.6 Å². The minimum Gasteiger partial charge on any atom is -0.391 e. The first-order valence-corrected chi connectivity index (χ1v) is 6.46. The monoisotopic (exact) mass is 310 g/mol. The number of β-amino-alcohol motifs (C(OH)–C–C–N with tert-alkyl or cyclic N) is 1. The standard InChI is InChI=1S/C12H16Cl2N2O.ClH/c13-10-2-1-8(11(14)3-10)4-15-5-9-6-16-7-12(9)17;/h1-3,9,12,15-17H,4-7H2;1H. The smallest absolute Gasteiger partial charge is 0.0716 e. The summed E-state index contributed by atoms with van der Waals surface area (Å²) in [5.74, 6) is 0.279. The molecule has 1 heterocycles. The van der Waals surface area contributed by atoms with Crippen LogP contribution in [0.5, 0.6) is 0 Å². The lowest BCUT2D eigenvalue weighted by Gasteiger charge is -2.14. The van der Waals surface area contributed by atoms with Gasteiger partial charge >= 0.3 is 0 Å². The predicted octanol–water partition coefficient (Wildman–Crippen LogP) is 2.09. The third-order valence-corrected chi connectivity index (χ3v) is 3.63. The van der Waals surface area contributed by atoms with Gasteiger partial charge in [-0.1, -0.05) is 29.3 Å². The Morgan fingerprint density at radius 2 is 2.11 bits per heavy atom. The molecule has 0 bridgehead atoms. The maximum Gasteiger partial charge on any atom is 0.0716 e. The second-order valence-corrected chi connectivity index (χ2v) is 5.20. The van der Waals surface area contributed by atoms with Crippen molar-refractivity contribution in [3.05, 3.63) is 33.8 Å². The number of halogens is 3. The topological polar surface area (TPSA) is 44.3 Å². The fraction of sp³-hybridized carbons (Fsp3) is 0.500. The first-order valence-electron chi connectivity index (χ1n) is 5.70. The normalized spacial score (nSPS) is 22.8. The first kappa shape index (κ1) is 16.0. The van der Waals surface area contributed by atoms with Crippen molar-refractivity contribution >= 4 is 35.6 Å². The van der Waals surface area contributed by atoms with Crippen LogP contribution < -0.4 is 10.6 Å². The van der Waals surface area contributed by atoms with Crippen molar-refractivity contribution < 1.29 is 5.11 Å². The molecule has 2 rings (SSSR count). The van der Waals surface area contributed by atoms with Gasteiger partial charge in [-0.2, -0.15) is 0 Å². The second kappa shape index (κ2) is 7.53. The van der Waals surface area contributed by atoms with Crippen LogP contribution in [-0.2, 0) is 6.54 Å². The molecule has 0 radical (unpaired) electrons. The van der Waals surface area contributed by atoms with E-state index in [1.807, 2.05) is 12.1 Å². The van der Waals surface area contributed by atoms with E-state index in [2.05, 4.69) is 10.6 Å². The van der Waals surface area contributed by atoms with Gasteiger partial charge in [0, 0.05) is 42.1 Å². The van der Waals surface area contributed by atoms with Gasteiger partial charge in [0.05, 0.1) is 6.10 Å². The summed E-state index contributed by atoms with van der Waals surface area (Å²) >= 11 is 11.9. The Morgan fingerprint density at radius 3 is 2.72 bits per heavy atom. The largest absolute Gasteiger partial charge is 0.391 e.